The number of ether oxygens (including phenoxy) is 2. The van der Waals surface area contributed by atoms with Gasteiger partial charge >= 0.3 is 5.97 Å². The van der Waals surface area contributed by atoms with Crippen molar-refractivity contribution >= 4 is 22.4 Å². The molecule has 1 aliphatic rings. The quantitative estimate of drug-likeness (QED) is 0.751. The van der Waals surface area contributed by atoms with Crippen LogP contribution in [0.5, 0.6) is 0 Å². The number of methoxy groups -OCH3 is 1. The second kappa shape index (κ2) is 5.46. The summed E-state index contributed by atoms with van der Waals surface area (Å²) in [6, 6.07) is 0. The zero-order chi connectivity index (χ0) is 12.3. The van der Waals surface area contributed by atoms with Gasteiger partial charge in [0.2, 0.25) is 0 Å². The van der Waals surface area contributed by atoms with Gasteiger partial charge in [-0.15, -0.1) is 0 Å². The number of hydrogen-bond acceptors (Lipinski definition) is 6. The predicted molar refractivity (Wildman–Crippen MR) is 65.7 cm³/mol. The lowest BCUT2D eigenvalue weighted by atomic mass is 10.4. The first-order valence-corrected chi connectivity index (χ1v) is 6.43. The Balaban J connectivity index is 2.10. The Morgan fingerprint density at radius 2 is 2.53 bits per heavy atom. The Labute approximate surface area is 104 Å². The Morgan fingerprint density at radius 1 is 1.71 bits per heavy atom. The highest BCUT2D eigenvalue weighted by Gasteiger charge is 2.19. The van der Waals surface area contributed by atoms with E-state index in [-0.39, 0.29) is 12.1 Å². The molecule has 17 heavy (non-hydrogen) atoms. The van der Waals surface area contributed by atoms with Gasteiger partial charge in [0.05, 0.1) is 19.4 Å². The lowest BCUT2D eigenvalue weighted by molar-refractivity contribution is 0.0606. The maximum atomic E-state index is 11.3. The second-order valence-electron chi connectivity index (χ2n) is 3.98. The van der Waals surface area contributed by atoms with Crippen LogP contribution in [0.4, 0.5) is 5.13 Å². The maximum Gasteiger partial charge on any atom is 0.349 e. The van der Waals surface area contributed by atoms with Gasteiger partial charge in [-0.05, 0) is 13.3 Å². The van der Waals surface area contributed by atoms with Crippen molar-refractivity contribution in [1.82, 2.24) is 4.98 Å². The summed E-state index contributed by atoms with van der Waals surface area (Å²) in [7, 11) is 1.38. The van der Waals surface area contributed by atoms with Gasteiger partial charge in [0.25, 0.3) is 0 Å². The van der Waals surface area contributed by atoms with Gasteiger partial charge in [-0.25, -0.2) is 9.78 Å². The van der Waals surface area contributed by atoms with Crippen LogP contribution in [0.2, 0.25) is 0 Å². The van der Waals surface area contributed by atoms with Gasteiger partial charge in [0.1, 0.15) is 4.88 Å². The Bertz CT molecular complexity index is 394. The molecule has 0 aliphatic carbocycles. The van der Waals surface area contributed by atoms with Crippen LogP contribution in [-0.4, -0.2) is 43.9 Å². The fourth-order valence-electron chi connectivity index (χ4n) is 1.77. The molecule has 94 valence electrons. The monoisotopic (exact) mass is 256 g/mol. The van der Waals surface area contributed by atoms with E-state index in [1.54, 1.807) is 6.20 Å². The summed E-state index contributed by atoms with van der Waals surface area (Å²) < 4.78 is 10.2. The van der Waals surface area contributed by atoms with Crippen LogP contribution in [0.25, 0.3) is 0 Å². The standard InChI is InChI=1S/C11H16N2O3S/c1-8-7-13(4-3-5-16-8)11-12-6-9(17-11)10(14)15-2/h6,8H,3-5,7H2,1-2H3. The molecule has 1 aromatic heterocycles. The number of thiazole rings is 1. The summed E-state index contributed by atoms with van der Waals surface area (Å²) in [5, 5.41) is 0.864. The summed E-state index contributed by atoms with van der Waals surface area (Å²) in [4.78, 5) is 18.3. The minimum atomic E-state index is -0.326. The third-order valence-electron chi connectivity index (χ3n) is 2.60. The molecule has 2 heterocycles. The molecule has 0 spiro atoms. The fraction of sp³-hybridized carbons (Fsp3) is 0.636. The first-order valence-electron chi connectivity index (χ1n) is 5.61. The summed E-state index contributed by atoms with van der Waals surface area (Å²) in [5.74, 6) is -0.326. The zero-order valence-electron chi connectivity index (χ0n) is 10.0. The fourth-order valence-corrected chi connectivity index (χ4v) is 2.64. The third kappa shape index (κ3) is 2.95. The van der Waals surface area contributed by atoms with Crippen molar-refractivity contribution in [2.45, 2.75) is 19.4 Å². The van der Waals surface area contributed by atoms with Gasteiger partial charge in [-0.3, -0.25) is 0 Å². The van der Waals surface area contributed by atoms with Crippen LogP contribution >= 0.6 is 11.3 Å². The average Bonchev–Trinajstić information content (AvgIpc) is 2.72. The number of carbonyl (C=O) groups is 1. The smallest absolute Gasteiger partial charge is 0.349 e. The number of hydrogen-bond donors (Lipinski definition) is 0. The van der Waals surface area contributed by atoms with Crippen molar-refractivity contribution in [3.8, 4) is 0 Å². The zero-order valence-corrected chi connectivity index (χ0v) is 10.8. The van der Waals surface area contributed by atoms with Gasteiger partial charge < -0.3 is 14.4 Å². The SMILES string of the molecule is COC(=O)c1cnc(N2CCCOC(C)C2)s1. The molecule has 5 nitrogen and oxygen atoms in total. The van der Waals surface area contributed by atoms with Gasteiger partial charge in [-0.2, -0.15) is 0 Å². The molecular weight excluding hydrogens is 240 g/mol. The molecule has 0 amide bonds. The van der Waals surface area contributed by atoms with E-state index >= 15 is 0 Å². The Morgan fingerprint density at radius 3 is 3.29 bits per heavy atom. The molecule has 0 N–H and O–H groups in total. The highest BCUT2D eigenvalue weighted by Crippen LogP contribution is 2.24. The Kier molecular flexibility index (Phi) is 3.96. The molecule has 1 fully saturated rings. The highest BCUT2D eigenvalue weighted by molar-refractivity contribution is 7.17. The topological polar surface area (TPSA) is 51.7 Å². The van der Waals surface area contributed by atoms with Gasteiger partial charge in [-0.1, -0.05) is 11.3 Å². The number of nitrogens with zero attached hydrogens (tertiary/aromatic N) is 2. The van der Waals surface area contributed by atoms with E-state index in [1.807, 2.05) is 6.92 Å². The lowest BCUT2D eigenvalue weighted by Gasteiger charge is -2.20. The molecule has 0 radical (unpaired) electrons. The number of rotatable bonds is 2. The highest BCUT2D eigenvalue weighted by atomic mass is 32.1. The molecule has 0 bridgehead atoms. The molecule has 2 rings (SSSR count). The van der Waals surface area contributed by atoms with Crippen molar-refractivity contribution in [3.05, 3.63) is 11.1 Å². The minimum Gasteiger partial charge on any atom is -0.465 e. The number of anilines is 1. The van der Waals surface area contributed by atoms with Gasteiger partial charge in [0.15, 0.2) is 5.13 Å². The average molecular weight is 256 g/mol. The van der Waals surface area contributed by atoms with Crippen LogP contribution in [0.15, 0.2) is 6.20 Å². The normalized spacial score (nSPS) is 21.1. The van der Waals surface area contributed by atoms with Crippen LogP contribution < -0.4 is 4.90 Å². The van der Waals surface area contributed by atoms with Gasteiger partial charge in [0, 0.05) is 19.7 Å². The molecular formula is C11H16N2O3S. The summed E-state index contributed by atoms with van der Waals surface area (Å²) in [6.45, 7) is 4.56. The van der Waals surface area contributed by atoms with E-state index < -0.39 is 0 Å². The number of esters is 1. The van der Waals surface area contributed by atoms with Crippen molar-refractivity contribution in [2.24, 2.45) is 0 Å². The van der Waals surface area contributed by atoms with Crippen molar-refractivity contribution in [1.29, 1.82) is 0 Å². The third-order valence-corrected chi connectivity index (χ3v) is 3.64. The first-order chi connectivity index (χ1) is 8.20. The molecule has 1 aromatic rings. The van der Waals surface area contributed by atoms with Crippen molar-refractivity contribution in [2.75, 3.05) is 31.7 Å². The summed E-state index contributed by atoms with van der Waals surface area (Å²) in [5.41, 5.74) is 0. The van der Waals surface area contributed by atoms with E-state index in [9.17, 15) is 4.79 Å². The van der Waals surface area contributed by atoms with E-state index in [0.29, 0.717) is 4.88 Å². The van der Waals surface area contributed by atoms with Crippen LogP contribution in [0, 0.1) is 0 Å². The van der Waals surface area contributed by atoms with Crippen LogP contribution in [0.1, 0.15) is 23.0 Å². The molecule has 1 unspecified atom stereocenters. The van der Waals surface area contributed by atoms with E-state index in [2.05, 4.69) is 14.6 Å². The summed E-state index contributed by atoms with van der Waals surface area (Å²) in [6.07, 6.45) is 2.75. The summed E-state index contributed by atoms with van der Waals surface area (Å²) >= 11 is 1.37. The molecule has 1 aliphatic heterocycles. The van der Waals surface area contributed by atoms with E-state index in [4.69, 9.17) is 4.74 Å². The Hall–Kier alpha value is -1.14. The van der Waals surface area contributed by atoms with Crippen LogP contribution in [0.3, 0.4) is 0 Å². The minimum absolute atomic E-state index is 0.197. The first kappa shape index (κ1) is 12.3. The molecule has 6 heteroatoms. The molecule has 0 aromatic carbocycles. The largest absolute Gasteiger partial charge is 0.465 e. The molecule has 0 saturated carbocycles. The van der Waals surface area contributed by atoms with E-state index in [0.717, 1.165) is 31.2 Å². The number of aromatic nitrogens is 1. The molecule has 1 atom stereocenters. The van der Waals surface area contributed by atoms with Crippen molar-refractivity contribution in [3.63, 3.8) is 0 Å². The molecule has 1 saturated heterocycles. The van der Waals surface area contributed by atoms with Crippen molar-refractivity contribution < 1.29 is 14.3 Å². The van der Waals surface area contributed by atoms with E-state index in [1.165, 1.54) is 18.4 Å². The number of carbonyl (C=O) groups excluding carboxylic acids is 1. The lowest BCUT2D eigenvalue weighted by Crippen LogP contribution is -2.29. The predicted octanol–water partition coefficient (Wildman–Crippen LogP) is 1.54. The maximum absolute atomic E-state index is 11.3. The van der Waals surface area contributed by atoms with Crippen LogP contribution in [-0.2, 0) is 9.47 Å². The second-order valence-corrected chi connectivity index (χ2v) is 4.99.